The topological polar surface area (TPSA) is 29.1 Å². The first-order valence-electron chi connectivity index (χ1n) is 5.19. The maximum atomic E-state index is 13.6. The molecule has 19 heavy (non-hydrogen) atoms. The van der Waals surface area contributed by atoms with Gasteiger partial charge in [0.25, 0.3) is 5.91 Å². The van der Waals surface area contributed by atoms with Gasteiger partial charge in [0.2, 0.25) is 0 Å². The molecular weight excluding hydrogens is 384 g/mol. The summed E-state index contributed by atoms with van der Waals surface area (Å²) in [5.41, 5.74) is 0.131. The summed E-state index contributed by atoms with van der Waals surface area (Å²) in [7, 11) is 0. The number of nitrogens with one attached hydrogen (secondary N) is 1. The lowest BCUT2D eigenvalue weighted by Crippen LogP contribution is -2.14. The second kappa shape index (κ2) is 5.79. The first kappa shape index (κ1) is 14.1. The van der Waals surface area contributed by atoms with E-state index < -0.39 is 17.5 Å². The molecule has 2 rings (SSSR count). The lowest BCUT2D eigenvalue weighted by Gasteiger charge is -2.08. The SMILES string of the molecule is O=C(Nc1ccc(Br)cc1F)c1cccc(F)c1Br. The average molecular weight is 391 g/mol. The molecular formula is C13H7Br2F2NO. The molecule has 0 aliphatic heterocycles. The Hall–Kier alpha value is -1.27. The minimum Gasteiger partial charge on any atom is -0.319 e. The fourth-order valence-corrected chi connectivity index (χ4v) is 2.24. The summed E-state index contributed by atoms with van der Waals surface area (Å²) in [6.45, 7) is 0. The van der Waals surface area contributed by atoms with E-state index in [1.54, 1.807) is 6.07 Å². The first-order chi connectivity index (χ1) is 8.99. The highest BCUT2D eigenvalue weighted by atomic mass is 79.9. The van der Waals surface area contributed by atoms with Crippen LogP contribution in [0.1, 0.15) is 10.4 Å². The van der Waals surface area contributed by atoms with Gasteiger partial charge in [-0.3, -0.25) is 4.79 Å². The summed E-state index contributed by atoms with van der Waals surface area (Å²) >= 11 is 6.11. The Kier molecular flexibility index (Phi) is 4.31. The number of halogens is 4. The van der Waals surface area contributed by atoms with Crippen LogP contribution in [-0.2, 0) is 0 Å². The zero-order valence-corrected chi connectivity index (χ0v) is 12.6. The highest BCUT2D eigenvalue weighted by Gasteiger charge is 2.14. The number of rotatable bonds is 2. The van der Waals surface area contributed by atoms with Crippen molar-refractivity contribution in [1.82, 2.24) is 0 Å². The maximum absolute atomic E-state index is 13.6. The minimum absolute atomic E-state index is 0.0318. The van der Waals surface area contributed by atoms with Crippen molar-refractivity contribution in [1.29, 1.82) is 0 Å². The van der Waals surface area contributed by atoms with Gasteiger partial charge < -0.3 is 5.32 Å². The van der Waals surface area contributed by atoms with Crippen LogP contribution in [0.15, 0.2) is 45.3 Å². The highest BCUT2D eigenvalue weighted by Crippen LogP contribution is 2.23. The lowest BCUT2D eigenvalue weighted by molar-refractivity contribution is 0.102. The van der Waals surface area contributed by atoms with Crippen molar-refractivity contribution in [2.75, 3.05) is 5.32 Å². The third-order valence-corrected chi connectivity index (χ3v) is 3.67. The smallest absolute Gasteiger partial charge is 0.256 e. The van der Waals surface area contributed by atoms with Crippen LogP contribution < -0.4 is 5.32 Å². The van der Waals surface area contributed by atoms with Gasteiger partial charge in [0.1, 0.15) is 11.6 Å². The third kappa shape index (κ3) is 3.19. The van der Waals surface area contributed by atoms with E-state index in [9.17, 15) is 13.6 Å². The maximum Gasteiger partial charge on any atom is 0.256 e. The first-order valence-corrected chi connectivity index (χ1v) is 6.78. The molecule has 0 aliphatic rings. The van der Waals surface area contributed by atoms with Crippen molar-refractivity contribution in [3.63, 3.8) is 0 Å². The van der Waals surface area contributed by atoms with Gasteiger partial charge in [0.05, 0.1) is 15.7 Å². The number of carbonyl (C=O) groups excluding carboxylic acids is 1. The average Bonchev–Trinajstić information content (AvgIpc) is 2.36. The molecule has 0 saturated heterocycles. The molecule has 0 bridgehead atoms. The predicted octanol–water partition coefficient (Wildman–Crippen LogP) is 4.74. The van der Waals surface area contributed by atoms with Crippen LogP contribution in [-0.4, -0.2) is 5.91 Å². The number of carbonyl (C=O) groups is 1. The van der Waals surface area contributed by atoms with Crippen molar-refractivity contribution < 1.29 is 13.6 Å². The molecule has 2 aromatic rings. The Morgan fingerprint density at radius 2 is 1.79 bits per heavy atom. The fourth-order valence-electron chi connectivity index (χ4n) is 1.46. The summed E-state index contributed by atoms with van der Waals surface area (Å²) in [6, 6.07) is 8.33. The molecule has 1 amide bonds. The summed E-state index contributed by atoms with van der Waals surface area (Å²) in [6.07, 6.45) is 0. The minimum atomic E-state index is -0.590. The monoisotopic (exact) mass is 389 g/mol. The van der Waals surface area contributed by atoms with Crippen molar-refractivity contribution in [3.05, 3.63) is 62.5 Å². The number of benzene rings is 2. The van der Waals surface area contributed by atoms with Crippen LogP contribution in [0.3, 0.4) is 0 Å². The van der Waals surface area contributed by atoms with Gasteiger partial charge in [0, 0.05) is 4.47 Å². The second-order valence-electron chi connectivity index (χ2n) is 3.68. The third-order valence-electron chi connectivity index (χ3n) is 2.38. The summed E-state index contributed by atoms with van der Waals surface area (Å²) in [5.74, 6) is -1.72. The molecule has 0 heterocycles. The van der Waals surface area contributed by atoms with Crippen LogP contribution in [0, 0.1) is 11.6 Å². The predicted molar refractivity (Wildman–Crippen MR) is 76.2 cm³/mol. The normalized spacial score (nSPS) is 10.3. The Bertz CT molecular complexity index is 647. The van der Waals surface area contributed by atoms with E-state index in [1.807, 2.05) is 0 Å². The molecule has 6 heteroatoms. The molecule has 0 aromatic heterocycles. The van der Waals surface area contributed by atoms with Gasteiger partial charge in [-0.1, -0.05) is 22.0 Å². The standard InChI is InChI=1S/C13H7Br2F2NO/c14-7-4-5-11(10(17)6-7)18-13(19)8-2-1-3-9(16)12(8)15/h1-6H,(H,18,19). The van der Waals surface area contributed by atoms with Crippen LogP contribution in [0.2, 0.25) is 0 Å². The summed E-state index contributed by atoms with van der Waals surface area (Å²) in [4.78, 5) is 11.9. The van der Waals surface area contributed by atoms with Gasteiger partial charge in [-0.05, 0) is 46.3 Å². The quantitative estimate of drug-likeness (QED) is 0.788. The second-order valence-corrected chi connectivity index (χ2v) is 5.39. The fraction of sp³-hybridized carbons (Fsp3) is 0. The molecule has 0 radical (unpaired) electrons. The molecule has 0 fully saturated rings. The molecule has 2 aromatic carbocycles. The number of hydrogen-bond acceptors (Lipinski definition) is 1. The van der Waals surface area contributed by atoms with E-state index in [0.717, 1.165) is 0 Å². The molecule has 0 aliphatic carbocycles. The molecule has 1 N–H and O–H groups in total. The van der Waals surface area contributed by atoms with E-state index in [1.165, 1.54) is 30.3 Å². The Balaban J connectivity index is 2.28. The van der Waals surface area contributed by atoms with Crippen molar-refractivity contribution in [2.24, 2.45) is 0 Å². The van der Waals surface area contributed by atoms with Crippen LogP contribution in [0.4, 0.5) is 14.5 Å². The van der Waals surface area contributed by atoms with Gasteiger partial charge in [-0.2, -0.15) is 0 Å². The molecule has 2 nitrogen and oxygen atoms in total. The van der Waals surface area contributed by atoms with Gasteiger partial charge in [-0.25, -0.2) is 8.78 Å². The molecule has 0 atom stereocenters. The van der Waals surface area contributed by atoms with Crippen LogP contribution in [0.5, 0.6) is 0 Å². The Labute approximate surface area is 125 Å². The van der Waals surface area contributed by atoms with E-state index in [-0.39, 0.29) is 15.7 Å². The van der Waals surface area contributed by atoms with Gasteiger partial charge >= 0.3 is 0 Å². The number of hydrogen-bond donors (Lipinski definition) is 1. The largest absolute Gasteiger partial charge is 0.319 e. The van der Waals surface area contributed by atoms with E-state index >= 15 is 0 Å². The van der Waals surface area contributed by atoms with Gasteiger partial charge in [-0.15, -0.1) is 0 Å². The number of amides is 1. The van der Waals surface area contributed by atoms with E-state index in [0.29, 0.717) is 4.47 Å². The zero-order valence-electron chi connectivity index (χ0n) is 9.38. The summed E-state index contributed by atoms with van der Waals surface area (Å²) < 4.78 is 27.5. The molecule has 0 saturated carbocycles. The van der Waals surface area contributed by atoms with Crippen molar-refractivity contribution in [2.45, 2.75) is 0 Å². The molecule has 0 unspecified atom stereocenters. The van der Waals surface area contributed by atoms with E-state index in [2.05, 4.69) is 37.2 Å². The van der Waals surface area contributed by atoms with Crippen molar-refractivity contribution in [3.8, 4) is 0 Å². The van der Waals surface area contributed by atoms with E-state index in [4.69, 9.17) is 0 Å². The van der Waals surface area contributed by atoms with Crippen molar-refractivity contribution >= 4 is 43.5 Å². The summed E-state index contributed by atoms with van der Waals surface area (Å²) in [5, 5.41) is 2.39. The molecule has 98 valence electrons. The van der Waals surface area contributed by atoms with Gasteiger partial charge in [0.15, 0.2) is 0 Å². The van der Waals surface area contributed by atoms with Crippen LogP contribution in [0.25, 0.3) is 0 Å². The Morgan fingerprint density at radius 3 is 2.47 bits per heavy atom. The molecule has 0 spiro atoms. The zero-order chi connectivity index (χ0) is 14.0. The lowest BCUT2D eigenvalue weighted by atomic mass is 10.2. The Morgan fingerprint density at radius 1 is 1.05 bits per heavy atom. The number of anilines is 1. The highest BCUT2D eigenvalue weighted by molar-refractivity contribution is 9.10. The van der Waals surface area contributed by atoms with Crippen LogP contribution >= 0.6 is 31.9 Å².